The lowest BCUT2D eigenvalue weighted by Gasteiger charge is -2.04. The number of hydrogen-bond donors (Lipinski definition) is 1. The molecule has 1 heterocycles. The van der Waals surface area contributed by atoms with E-state index < -0.39 is 6.29 Å². The predicted octanol–water partition coefficient (Wildman–Crippen LogP) is 3.26. The Labute approximate surface area is 102 Å². The Morgan fingerprint density at radius 3 is 2.39 bits per heavy atom. The molecule has 3 nitrogen and oxygen atoms in total. The fourth-order valence-electron chi connectivity index (χ4n) is 1.85. The molecule has 0 spiro atoms. The van der Waals surface area contributed by atoms with E-state index in [1.165, 1.54) is 12.1 Å². The molecular formula is C13H9F2NO2. The van der Waals surface area contributed by atoms with Gasteiger partial charge in [-0.15, -0.1) is 8.78 Å². The number of nitrogens with two attached hydrogens (primary N) is 1. The molecule has 92 valence electrons. The zero-order valence-corrected chi connectivity index (χ0v) is 9.19. The number of alkyl halides is 2. The van der Waals surface area contributed by atoms with E-state index in [-0.39, 0.29) is 11.5 Å². The number of rotatable bonds is 1. The van der Waals surface area contributed by atoms with Crippen LogP contribution in [-0.2, 0) is 0 Å². The fraction of sp³-hybridized carbons (Fsp3) is 0.0769. The third kappa shape index (κ3) is 1.84. The van der Waals surface area contributed by atoms with Crippen molar-refractivity contribution in [2.75, 3.05) is 5.73 Å². The monoisotopic (exact) mass is 249 g/mol. The van der Waals surface area contributed by atoms with E-state index in [9.17, 15) is 8.78 Å². The molecule has 2 aromatic carbocycles. The highest BCUT2D eigenvalue weighted by atomic mass is 19.3. The van der Waals surface area contributed by atoms with Crippen LogP contribution in [0.25, 0.3) is 11.1 Å². The average molecular weight is 249 g/mol. The molecule has 3 rings (SSSR count). The van der Waals surface area contributed by atoms with Crippen LogP contribution in [0.4, 0.5) is 14.5 Å². The second kappa shape index (κ2) is 3.60. The lowest BCUT2D eigenvalue weighted by atomic mass is 10.0. The van der Waals surface area contributed by atoms with Crippen LogP contribution in [0.5, 0.6) is 11.5 Å². The van der Waals surface area contributed by atoms with E-state index in [0.29, 0.717) is 5.69 Å². The van der Waals surface area contributed by atoms with Gasteiger partial charge in [0.15, 0.2) is 11.5 Å². The minimum absolute atomic E-state index is 0.0277. The minimum Gasteiger partial charge on any atom is -0.399 e. The first-order valence-corrected chi connectivity index (χ1v) is 5.29. The molecule has 0 unspecified atom stereocenters. The third-order valence-electron chi connectivity index (χ3n) is 2.62. The molecule has 0 radical (unpaired) electrons. The van der Waals surface area contributed by atoms with E-state index in [2.05, 4.69) is 9.47 Å². The highest BCUT2D eigenvalue weighted by Gasteiger charge is 2.43. The number of benzene rings is 2. The molecular weight excluding hydrogens is 240 g/mol. The molecule has 0 saturated heterocycles. The number of ether oxygens (including phenoxy) is 2. The molecule has 2 aromatic rings. The lowest BCUT2D eigenvalue weighted by molar-refractivity contribution is -0.286. The van der Waals surface area contributed by atoms with Crippen molar-refractivity contribution in [1.82, 2.24) is 0 Å². The summed E-state index contributed by atoms with van der Waals surface area (Å²) in [5.74, 6) is 0.0626. The highest BCUT2D eigenvalue weighted by Crippen LogP contribution is 2.42. The summed E-state index contributed by atoms with van der Waals surface area (Å²) < 4.78 is 34.5. The Hall–Kier alpha value is -2.30. The van der Waals surface area contributed by atoms with Crippen molar-refractivity contribution in [1.29, 1.82) is 0 Å². The average Bonchev–Trinajstić information content (AvgIpc) is 2.61. The molecule has 0 saturated carbocycles. The van der Waals surface area contributed by atoms with Gasteiger partial charge in [0.1, 0.15) is 0 Å². The summed E-state index contributed by atoms with van der Waals surface area (Å²) in [7, 11) is 0. The van der Waals surface area contributed by atoms with Crippen LogP contribution in [0.2, 0.25) is 0 Å². The highest BCUT2D eigenvalue weighted by molar-refractivity contribution is 5.70. The van der Waals surface area contributed by atoms with E-state index >= 15 is 0 Å². The van der Waals surface area contributed by atoms with Crippen molar-refractivity contribution in [2.45, 2.75) is 6.29 Å². The maximum absolute atomic E-state index is 12.9. The molecule has 0 amide bonds. The Morgan fingerprint density at radius 1 is 0.889 bits per heavy atom. The fourth-order valence-corrected chi connectivity index (χ4v) is 1.85. The smallest absolute Gasteiger partial charge is 0.399 e. The number of nitrogen functional groups attached to an aromatic ring is 1. The number of halogens is 2. The summed E-state index contributed by atoms with van der Waals surface area (Å²) in [6, 6.07) is 11.8. The maximum atomic E-state index is 12.9. The Balaban J connectivity index is 2.02. The molecule has 0 fully saturated rings. The molecule has 18 heavy (non-hydrogen) atoms. The van der Waals surface area contributed by atoms with Crippen molar-refractivity contribution in [3.8, 4) is 22.6 Å². The van der Waals surface area contributed by atoms with E-state index in [1.54, 1.807) is 24.3 Å². The SMILES string of the molecule is Nc1cccc(-c2ccc3c(c2)OC(F)(F)O3)c1. The zero-order valence-electron chi connectivity index (χ0n) is 9.19. The number of hydrogen-bond acceptors (Lipinski definition) is 3. The number of fused-ring (bicyclic) bond motifs is 1. The topological polar surface area (TPSA) is 44.5 Å². The molecule has 0 atom stereocenters. The summed E-state index contributed by atoms with van der Waals surface area (Å²) >= 11 is 0. The predicted molar refractivity (Wildman–Crippen MR) is 62.5 cm³/mol. The summed E-state index contributed by atoms with van der Waals surface area (Å²) in [6.45, 7) is 0. The van der Waals surface area contributed by atoms with Crippen LogP contribution in [0.3, 0.4) is 0 Å². The summed E-state index contributed by atoms with van der Waals surface area (Å²) in [5.41, 5.74) is 7.85. The second-order valence-electron chi connectivity index (χ2n) is 3.95. The molecule has 0 aromatic heterocycles. The van der Waals surface area contributed by atoms with Gasteiger partial charge in [0.05, 0.1) is 0 Å². The first-order chi connectivity index (χ1) is 8.53. The van der Waals surface area contributed by atoms with Crippen LogP contribution in [-0.4, -0.2) is 6.29 Å². The molecule has 1 aliphatic heterocycles. The van der Waals surface area contributed by atoms with Crippen LogP contribution in [0.1, 0.15) is 0 Å². The van der Waals surface area contributed by atoms with E-state index in [4.69, 9.17) is 5.73 Å². The quantitative estimate of drug-likeness (QED) is 0.789. The van der Waals surface area contributed by atoms with Crippen LogP contribution < -0.4 is 15.2 Å². The number of anilines is 1. The Kier molecular flexibility index (Phi) is 2.16. The summed E-state index contributed by atoms with van der Waals surface area (Å²) in [5, 5.41) is 0. The molecule has 1 aliphatic rings. The van der Waals surface area contributed by atoms with Gasteiger partial charge in [0.2, 0.25) is 0 Å². The third-order valence-corrected chi connectivity index (χ3v) is 2.62. The van der Waals surface area contributed by atoms with Crippen molar-refractivity contribution >= 4 is 5.69 Å². The first kappa shape index (κ1) is 10.8. The summed E-state index contributed by atoms with van der Waals surface area (Å²) in [4.78, 5) is 0. The van der Waals surface area contributed by atoms with Crippen molar-refractivity contribution in [2.24, 2.45) is 0 Å². The Morgan fingerprint density at radius 2 is 1.61 bits per heavy atom. The molecule has 0 bridgehead atoms. The Bertz CT molecular complexity index is 614. The standard InChI is InChI=1S/C13H9F2NO2/c14-13(15)17-11-5-4-9(7-12(11)18-13)8-2-1-3-10(16)6-8/h1-7H,16H2. The van der Waals surface area contributed by atoms with Gasteiger partial charge in [-0.25, -0.2) is 0 Å². The van der Waals surface area contributed by atoms with Crippen LogP contribution in [0, 0.1) is 0 Å². The van der Waals surface area contributed by atoms with E-state index in [0.717, 1.165) is 11.1 Å². The van der Waals surface area contributed by atoms with Gasteiger partial charge in [-0.2, -0.15) is 0 Å². The van der Waals surface area contributed by atoms with Gasteiger partial charge in [0, 0.05) is 5.69 Å². The van der Waals surface area contributed by atoms with E-state index in [1.807, 2.05) is 6.07 Å². The van der Waals surface area contributed by atoms with Gasteiger partial charge < -0.3 is 15.2 Å². The second-order valence-corrected chi connectivity index (χ2v) is 3.95. The van der Waals surface area contributed by atoms with Crippen LogP contribution in [0.15, 0.2) is 42.5 Å². The van der Waals surface area contributed by atoms with Crippen molar-refractivity contribution in [3.63, 3.8) is 0 Å². The van der Waals surface area contributed by atoms with Crippen molar-refractivity contribution in [3.05, 3.63) is 42.5 Å². The minimum atomic E-state index is -3.59. The van der Waals surface area contributed by atoms with Gasteiger partial charge in [-0.05, 0) is 35.4 Å². The normalized spacial score (nSPS) is 15.7. The summed E-state index contributed by atoms with van der Waals surface area (Å²) in [6.07, 6.45) is -3.59. The van der Waals surface area contributed by atoms with Gasteiger partial charge >= 0.3 is 6.29 Å². The largest absolute Gasteiger partial charge is 0.586 e. The molecule has 5 heteroatoms. The van der Waals surface area contributed by atoms with Crippen LogP contribution >= 0.6 is 0 Å². The lowest BCUT2D eigenvalue weighted by Crippen LogP contribution is -2.25. The maximum Gasteiger partial charge on any atom is 0.586 e. The zero-order chi connectivity index (χ0) is 12.8. The van der Waals surface area contributed by atoms with Gasteiger partial charge in [-0.3, -0.25) is 0 Å². The molecule has 0 aliphatic carbocycles. The molecule has 2 N–H and O–H groups in total. The van der Waals surface area contributed by atoms with Gasteiger partial charge in [-0.1, -0.05) is 18.2 Å². The first-order valence-electron chi connectivity index (χ1n) is 5.29. The van der Waals surface area contributed by atoms with Crippen molar-refractivity contribution < 1.29 is 18.3 Å². The van der Waals surface area contributed by atoms with Gasteiger partial charge in [0.25, 0.3) is 0 Å².